The van der Waals surface area contributed by atoms with Gasteiger partial charge in [0.25, 0.3) is 0 Å². The van der Waals surface area contributed by atoms with Gasteiger partial charge in [0.05, 0.1) is 7.11 Å². The minimum Gasteiger partial charge on any atom is -0.497 e. The second-order valence-electron chi connectivity index (χ2n) is 4.06. The van der Waals surface area contributed by atoms with E-state index < -0.39 is 29.0 Å². The fraction of sp³-hybridized carbons (Fsp3) is 0.143. The van der Waals surface area contributed by atoms with Crippen molar-refractivity contribution in [3.05, 3.63) is 59.2 Å². The third-order valence-electron chi connectivity index (χ3n) is 2.72. The fourth-order valence-corrected chi connectivity index (χ4v) is 1.69. The van der Waals surface area contributed by atoms with E-state index in [1.807, 2.05) is 0 Å². The van der Waals surface area contributed by atoms with Gasteiger partial charge in [-0.3, -0.25) is 0 Å². The molecule has 1 N–H and O–H groups in total. The van der Waals surface area contributed by atoms with Gasteiger partial charge >= 0.3 is 0 Å². The van der Waals surface area contributed by atoms with Crippen LogP contribution in [0.1, 0.15) is 5.56 Å². The van der Waals surface area contributed by atoms with Gasteiger partial charge in [-0.15, -0.1) is 0 Å². The van der Waals surface area contributed by atoms with Crippen molar-refractivity contribution < 1.29 is 22.3 Å². The van der Waals surface area contributed by atoms with E-state index in [4.69, 9.17) is 4.74 Å². The molecule has 0 fully saturated rings. The van der Waals surface area contributed by atoms with E-state index in [1.54, 1.807) is 0 Å². The zero-order valence-corrected chi connectivity index (χ0v) is 10.5. The maximum Gasteiger partial charge on any atom is 0.152 e. The summed E-state index contributed by atoms with van der Waals surface area (Å²) in [4.78, 5) is 0. The van der Waals surface area contributed by atoms with Crippen molar-refractivity contribution in [1.29, 1.82) is 0 Å². The number of methoxy groups -OCH3 is 1. The van der Waals surface area contributed by atoms with E-state index in [9.17, 15) is 17.6 Å². The molecule has 0 heterocycles. The summed E-state index contributed by atoms with van der Waals surface area (Å²) in [7, 11) is 1.40. The van der Waals surface area contributed by atoms with Crippen LogP contribution in [0.4, 0.5) is 23.2 Å². The average Bonchev–Trinajstić information content (AvgIpc) is 2.39. The van der Waals surface area contributed by atoms with Crippen LogP contribution in [0.25, 0.3) is 0 Å². The van der Waals surface area contributed by atoms with Gasteiger partial charge in [0, 0.05) is 30.3 Å². The topological polar surface area (TPSA) is 21.3 Å². The highest BCUT2D eigenvalue weighted by Crippen LogP contribution is 2.22. The molecular formula is C14H11F4NO. The van der Waals surface area contributed by atoms with Crippen LogP contribution in [0, 0.1) is 23.3 Å². The molecule has 0 radical (unpaired) electrons. The molecule has 20 heavy (non-hydrogen) atoms. The van der Waals surface area contributed by atoms with E-state index in [0.717, 1.165) is 6.07 Å². The number of rotatable bonds is 4. The molecule has 0 aliphatic rings. The molecule has 0 aromatic heterocycles. The summed E-state index contributed by atoms with van der Waals surface area (Å²) in [5, 5.41) is 2.41. The van der Waals surface area contributed by atoms with Gasteiger partial charge < -0.3 is 10.1 Å². The van der Waals surface area contributed by atoms with Crippen molar-refractivity contribution in [2.24, 2.45) is 0 Å². The molecule has 106 valence electrons. The highest BCUT2D eigenvalue weighted by Gasteiger charge is 2.12. The molecule has 0 saturated heterocycles. The second-order valence-corrected chi connectivity index (χ2v) is 4.06. The van der Waals surface area contributed by atoms with Crippen LogP contribution in [0.3, 0.4) is 0 Å². The van der Waals surface area contributed by atoms with Gasteiger partial charge in [-0.25, -0.2) is 17.6 Å². The first kappa shape index (κ1) is 14.2. The minimum absolute atomic E-state index is 0.144. The molecule has 0 atom stereocenters. The predicted molar refractivity (Wildman–Crippen MR) is 66.6 cm³/mol. The lowest BCUT2D eigenvalue weighted by molar-refractivity contribution is 0.410. The van der Waals surface area contributed by atoms with Crippen molar-refractivity contribution in [2.75, 3.05) is 12.4 Å². The quantitative estimate of drug-likeness (QED) is 0.861. The molecule has 0 spiro atoms. The smallest absolute Gasteiger partial charge is 0.152 e. The van der Waals surface area contributed by atoms with Crippen LogP contribution < -0.4 is 10.1 Å². The summed E-state index contributed by atoms with van der Waals surface area (Å²) in [5.74, 6) is -3.39. The third-order valence-corrected chi connectivity index (χ3v) is 2.72. The van der Waals surface area contributed by atoms with Crippen LogP contribution in [0.2, 0.25) is 0 Å². The predicted octanol–water partition coefficient (Wildman–Crippen LogP) is 3.86. The lowest BCUT2D eigenvalue weighted by atomic mass is 10.2. The zero-order valence-electron chi connectivity index (χ0n) is 10.5. The van der Waals surface area contributed by atoms with Crippen molar-refractivity contribution in [2.45, 2.75) is 6.54 Å². The largest absolute Gasteiger partial charge is 0.497 e. The van der Waals surface area contributed by atoms with E-state index in [-0.39, 0.29) is 12.1 Å². The Kier molecular flexibility index (Phi) is 4.12. The number of benzene rings is 2. The number of hydrogen-bond acceptors (Lipinski definition) is 2. The fourth-order valence-electron chi connectivity index (χ4n) is 1.69. The Bertz CT molecular complexity index is 608. The summed E-state index contributed by atoms with van der Waals surface area (Å²) in [6, 6.07) is 5.22. The third kappa shape index (κ3) is 3.01. The van der Waals surface area contributed by atoms with Gasteiger partial charge in [0.15, 0.2) is 11.6 Å². The van der Waals surface area contributed by atoms with E-state index in [0.29, 0.717) is 17.9 Å². The van der Waals surface area contributed by atoms with Crippen molar-refractivity contribution in [3.8, 4) is 5.75 Å². The van der Waals surface area contributed by atoms with Crippen molar-refractivity contribution >= 4 is 5.69 Å². The molecule has 0 aliphatic heterocycles. The van der Waals surface area contributed by atoms with Gasteiger partial charge in [0.1, 0.15) is 23.1 Å². The average molecular weight is 285 g/mol. The van der Waals surface area contributed by atoms with Gasteiger partial charge in [0.2, 0.25) is 0 Å². The Morgan fingerprint density at radius 2 is 1.60 bits per heavy atom. The van der Waals surface area contributed by atoms with Gasteiger partial charge in [-0.05, 0) is 6.07 Å². The summed E-state index contributed by atoms with van der Waals surface area (Å²) in [5.41, 5.74) is -0.296. The first-order chi connectivity index (χ1) is 9.51. The molecule has 0 bridgehead atoms. The van der Waals surface area contributed by atoms with E-state index in [2.05, 4.69) is 5.32 Å². The van der Waals surface area contributed by atoms with Crippen molar-refractivity contribution in [3.63, 3.8) is 0 Å². The highest BCUT2D eigenvalue weighted by molar-refractivity contribution is 5.47. The molecule has 0 aliphatic carbocycles. The Morgan fingerprint density at radius 3 is 2.15 bits per heavy atom. The summed E-state index contributed by atoms with van der Waals surface area (Å²) in [6.45, 7) is -0.144. The maximum absolute atomic E-state index is 13.6. The molecule has 2 nitrogen and oxygen atoms in total. The Hall–Kier alpha value is -2.24. The van der Waals surface area contributed by atoms with Crippen LogP contribution in [-0.2, 0) is 6.54 Å². The number of anilines is 1. The number of ether oxygens (including phenoxy) is 1. The summed E-state index contributed by atoms with van der Waals surface area (Å²) in [6.07, 6.45) is 0. The van der Waals surface area contributed by atoms with E-state index >= 15 is 0 Å². The Balaban J connectivity index is 2.17. The van der Waals surface area contributed by atoms with Crippen LogP contribution in [-0.4, -0.2) is 7.11 Å². The number of hydrogen-bond donors (Lipinski definition) is 1. The second kappa shape index (κ2) is 5.81. The van der Waals surface area contributed by atoms with Gasteiger partial charge in [-0.1, -0.05) is 6.07 Å². The molecule has 2 aromatic carbocycles. The van der Waals surface area contributed by atoms with Crippen LogP contribution in [0.5, 0.6) is 5.75 Å². The molecule has 2 rings (SSSR count). The minimum atomic E-state index is -1.07. The first-order valence-electron chi connectivity index (χ1n) is 5.72. The highest BCUT2D eigenvalue weighted by atomic mass is 19.1. The number of nitrogens with one attached hydrogen (secondary N) is 1. The zero-order chi connectivity index (χ0) is 14.7. The molecule has 0 saturated carbocycles. The van der Waals surface area contributed by atoms with Crippen LogP contribution in [0.15, 0.2) is 30.3 Å². The molecular weight excluding hydrogens is 274 g/mol. The molecule has 2 aromatic rings. The number of halogens is 4. The maximum atomic E-state index is 13.6. The lowest BCUT2D eigenvalue weighted by Gasteiger charge is -2.10. The molecule has 0 amide bonds. The first-order valence-corrected chi connectivity index (χ1v) is 5.72. The van der Waals surface area contributed by atoms with E-state index in [1.165, 1.54) is 19.2 Å². The Morgan fingerprint density at radius 1 is 0.950 bits per heavy atom. The Labute approximate surface area is 113 Å². The molecule has 6 heteroatoms. The summed E-state index contributed by atoms with van der Waals surface area (Å²) >= 11 is 0. The molecule has 0 unspecified atom stereocenters. The van der Waals surface area contributed by atoms with Crippen molar-refractivity contribution in [1.82, 2.24) is 0 Å². The standard InChI is InChI=1S/C14H11F4NO/c1-20-10-3-2-8(11(16)6-10)7-19-14-12(17)4-9(15)5-13(14)18/h2-6,19H,7H2,1H3. The SMILES string of the molecule is COc1ccc(CNc2c(F)cc(F)cc2F)c(F)c1. The normalized spacial score (nSPS) is 10.4. The van der Waals surface area contributed by atoms with Crippen LogP contribution >= 0.6 is 0 Å². The monoisotopic (exact) mass is 285 g/mol. The lowest BCUT2D eigenvalue weighted by Crippen LogP contribution is -2.06. The van der Waals surface area contributed by atoms with Gasteiger partial charge in [-0.2, -0.15) is 0 Å². The summed E-state index contributed by atoms with van der Waals surface area (Å²) < 4.78 is 58.0.